The van der Waals surface area contributed by atoms with E-state index in [4.69, 9.17) is 15.5 Å². The Morgan fingerprint density at radius 1 is 1.29 bits per heavy atom. The number of nitrogens with zero attached hydrogens (tertiary/aromatic N) is 2. The lowest BCUT2D eigenvalue weighted by atomic mass is 9.85. The number of carboxylic acid groups (broad SMARTS) is 2. The third-order valence-corrected chi connectivity index (χ3v) is 3.09. The van der Waals surface area contributed by atoms with Crippen molar-refractivity contribution in [2.45, 2.75) is 19.3 Å². The second kappa shape index (κ2) is 6.21. The summed E-state index contributed by atoms with van der Waals surface area (Å²) < 4.78 is 0. The maximum atomic E-state index is 11.0. The Balaban J connectivity index is 2.54. The molecule has 1 saturated heterocycles. The first-order valence-corrected chi connectivity index (χ1v) is 5.61. The van der Waals surface area contributed by atoms with E-state index in [1.807, 2.05) is 11.0 Å². The highest BCUT2D eigenvalue weighted by Crippen LogP contribution is 2.24. The fourth-order valence-electron chi connectivity index (χ4n) is 2.15. The van der Waals surface area contributed by atoms with Crippen molar-refractivity contribution in [2.24, 2.45) is 11.8 Å². The van der Waals surface area contributed by atoms with Crippen LogP contribution in [0.25, 0.3) is 0 Å². The molecule has 0 aromatic heterocycles. The Hall–Kier alpha value is -1.61. The molecule has 0 amide bonds. The molecule has 2 unspecified atom stereocenters. The van der Waals surface area contributed by atoms with Gasteiger partial charge in [-0.25, -0.2) is 0 Å². The number of aliphatic carboxylic acids is 2. The quantitative estimate of drug-likeness (QED) is 0.674. The number of likely N-dealkylation sites (tertiary alicyclic amines) is 1. The fourth-order valence-corrected chi connectivity index (χ4v) is 2.15. The van der Waals surface area contributed by atoms with Crippen molar-refractivity contribution in [2.75, 3.05) is 19.6 Å². The van der Waals surface area contributed by atoms with Crippen molar-refractivity contribution < 1.29 is 19.8 Å². The Kier molecular flexibility index (Phi) is 4.91. The average molecular weight is 240 g/mol. The predicted octanol–water partition coefficient (Wildman–Crippen LogP) is 0.397. The molecule has 0 saturated carbocycles. The van der Waals surface area contributed by atoms with E-state index in [0.29, 0.717) is 32.4 Å². The monoisotopic (exact) mass is 240 g/mol. The third kappa shape index (κ3) is 3.71. The lowest BCUT2D eigenvalue weighted by Gasteiger charge is -2.34. The molecule has 1 aliphatic heterocycles. The first kappa shape index (κ1) is 13.5. The molecule has 1 fully saturated rings. The van der Waals surface area contributed by atoms with Gasteiger partial charge in [0.2, 0.25) is 0 Å². The average Bonchev–Trinajstić information content (AvgIpc) is 2.29. The normalized spacial score (nSPS) is 25.1. The van der Waals surface area contributed by atoms with Gasteiger partial charge in [-0.05, 0) is 25.9 Å². The third-order valence-electron chi connectivity index (χ3n) is 3.09. The molecule has 0 bridgehead atoms. The van der Waals surface area contributed by atoms with Crippen molar-refractivity contribution in [3.8, 4) is 6.07 Å². The van der Waals surface area contributed by atoms with E-state index in [9.17, 15) is 9.59 Å². The van der Waals surface area contributed by atoms with Crippen LogP contribution in [0.2, 0.25) is 0 Å². The standard InChI is InChI=1S/C11H16N2O4/c12-4-1-2-5-13-6-3-8(10(14)15)9(7-13)11(16)17/h8-9H,1-3,5-7H2,(H,14,15)(H,16,17). The highest BCUT2D eigenvalue weighted by Gasteiger charge is 2.38. The second-order valence-electron chi connectivity index (χ2n) is 4.24. The molecular formula is C11H16N2O4. The van der Waals surface area contributed by atoms with Gasteiger partial charge >= 0.3 is 11.9 Å². The molecule has 0 aromatic carbocycles. The first-order chi connectivity index (χ1) is 8.06. The Bertz CT molecular complexity index is 337. The molecule has 0 radical (unpaired) electrons. The Labute approximate surface area is 99.4 Å². The minimum Gasteiger partial charge on any atom is -0.481 e. The van der Waals surface area contributed by atoms with Crippen molar-refractivity contribution in [1.29, 1.82) is 5.26 Å². The van der Waals surface area contributed by atoms with E-state index < -0.39 is 23.8 Å². The van der Waals surface area contributed by atoms with Gasteiger partial charge in [0.25, 0.3) is 0 Å². The summed E-state index contributed by atoms with van der Waals surface area (Å²) in [5.74, 6) is -3.72. The Morgan fingerprint density at radius 3 is 2.47 bits per heavy atom. The van der Waals surface area contributed by atoms with E-state index in [-0.39, 0.29) is 6.54 Å². The Morgan fingerprint density at radius 2 is 1.94 bits per heavy atom. The maximum Gasteiger partial charge on any atom is 0.308 e. The van der Waals surface area contributed by atoms with Crippen LogP contribution >= 0.6 is 0 Å². The summed E-state index contributed by atoms with van der Waals surface area (Å²) in [6.45, 7) is 1.51. The molecule has 17 heavy (non-hydrogen) atoms. The minimum atomic E-state index is -1.05. The molecule has 0 aromatic rings. The van der Waals surface area contributed by atoms with Crippen molar-refractivity contribution in [3.05, 3.63) is 0 Å². The molecule has 2 atom stereocenters. The lowest BCUT2D eigenvalue weighted by molar-refractivity contribution is -0.157. The zero-order chi connectivity index (χ0) is 12.8. The van der Waals surface area contributed by atoms with Gasteiger partial charge in [0, 0.05) is 13.0 Å². The molecule has 1 rings (SSSR count). The zero-order valence-corrected chi connectivity index (χ0v) is 9.50. The van der Waals surface area contributed by atoms with E-state index >= 15 is 0 Å². The number of piperidine rings is 1. The summed E-state index contributed by atoms with van der Waals surface area (Å²) in [5, 5.41) is 26.3. The first-order valence-electron chi connectivity index (χ1n) is 5.61. The van der Waals surface area contributed by atoms with Crippen LogP contribution in [-0.4, -0.2) is 46.7 Å². The van der Waals surface area contributed by atoms with Gasteiger partial charge in [-0.15, -0.1) is 0 Å². The van der Waals surface area contributed by atoms with Crippen LogP contribution in [0.1, 0.15) is 19.3 Å². The van der Waals surface area contributed by atoms with E-state index in [2.05, 4.69) is 0 Å². The minimum absolute atomic E-state index is 0.262. The molecule has 2 N–H and O–H groups in total. The molecular weight excluding hydrogens is 224 g/mol. The number of carboxylic acids is 2. The van der Waals surface area contributed by atoms with Gasteiger partial charge in [-0.1, -0.05) is 0 Å². The highest BCUT2D eigenvalue weighted by atomic mass is 16.4. The highest BCUT2D eigenvalue weighted by molar-refractivity contribution is 5.80. The largest absolute Gasteiger partial charge is 0.481 e. The summed E-state index contributed by atoms with van der Waals surface area (Å²) >= 11 is 0. The maximum absolute atomic E-state index is 11.0. The van der Waals surface area contributed by atoms with E-state index in [1.54, 1.807) is 0 Å². The lowest BCUT2D eigenvalue weighted by Crippen LogP contribution is -2.46. The number of rotatable bonds is 5. The number of nitriles is 1. The van der Waals surface area contributed by atoms with Crippen LogP contribution in [0, 0.1) is 23.2 Å². The van der Waals surface area contributed by atoms with Crippen LogP contribution < -0.4 is 0 Å². The van der Waals surface area contributed by atoms with E-state index in [0.717, 1.165) is 0 Å². The summed E-state index contributed by atoms with van der Waals surface area (Å²) in [5.41, 5.74) is 0. The number of hydrogen-bond donors (Lipinski definition) is 2. The zero-order valence-electron chi connectivity index (χ0n) is 9.50. The topological polar surface area (TPSA) is 102 Å². The van der Waals surface area contributed by atoms with Crippen LogP contribution in [-0.2, 0) is 9.59 Å². The molecule has 6 heteroatoms. The van der Waals surface area contributed by atoms with Crippen LogP contribution in [0.4, 0.5) is 0 Å². The fraction of sp³-hybridized carbons (Fsp3) is 0.727. The molecule has 0 aliphatic carbocycles. The van der Waals surface area contributed by atoms with Gasteiger partial charge in [-0.2, -0.15) is 5.26 Å². The van der Waals surface area contributed by atoms with Gasteiger partial charge in [-0.3, -0.25) is 9.59 Å². The summed E-state index contributed by atoms with van der Waals surface area (Å²) in [6.07, 6.45) is 1.50. The predicted molar refractivity (Wildman–Crippen MR) is 58.2 cm³/mol. The molecule has 94 valence electrons. The van der Waals surface area contributed by atoms with Gasteiger partial charge in [0.05, 0.1) is 17.9 Å². The summed E-state index contributed by atoms with van der Waals surface area (Å²) in [7, 11) is 0. The van der Waals surface area contributed by atoms with Crippen LogP contribution in [0.15, 0.2) is 0 Å². The number of unbranched alkanes of at least 4 members (excludes halogenated alkanes) is 1. The molecule has 1 aliphatic rings. The molecule has 1 heterocycles. The van der Waals surface area contributed by atoms with Gasteiger partial charge in [0.15, 0.2) is 0 Å². The van der Waals surface area contributed by atoms with Crippen molar-refractivity contribution in [3.63, 3.8) is 0 Å². The van der Waals surface area contributed by atoms with Gasteiger partial charge in [0.1, 0.15) is 0 Å². The number of hydrogen-bond acceptors (Lipinski definition) is 4. The van der Waals surface area contributed by atoms with E-state index in [1.165, 1.54) is 0 Å². The summed E-state index contributed by atoms with van der Waals surface area (Å²) in [4.78, 5) is 23.8. The molecule has 0 spiro atoms. The SMILES string of the molecule is N#CCCCN1CCC(C(=O)O)C(C(=O)O)C1. The van der Waals surface area contributed by atoms with Crippen molar-refractivity contribution >= 4 is 11.9 Å². The molecule has 6 nitrogen and oxygen atoms in total. The van der Waals surface area contributed by atoms with Crippen LogP contribution in [0.3, 0.4) is 0 Å². The second-order valence-corrected chi connectivity index (χ2v) is 4.24. The smallest absolute Gasteiger partial charge is 0.308 e. The van der Waals surface area contributed by atoms with Crippen LogP contribution in [0.5, 0.6) is 0 Å². The van der Waals surface area contributed by atoms with Crippen molar-refractivity contribution in [1.82, 2.24) is 4.90 Å². The summed E-state index contributed by atoms with van der Waals surface area (Å²) in [6, 6.07) is 2.03. The van der Waals surface area contributed by atoms with Gasteiger partial charge < -0.3 is 15.1 Å². The number of carbonyl (C=O) groups is 2.